The van der Waals surface area contributed by atoms with Gasteiger partial charge in [0.15, 0.2) is 5.82 Å². The second-order valence-corrected chi connectivity index (χ2v) is 14.8. The lowest BCUT2D eigenvalue weighted by Gasteiger charge is -2.57. The average molecular weight is 679 g/mol. The van der Waals surface area contributed by atoms with Crippen LogP contribution < -0.4 is 20.3 Å². The Kier molecular flexibility index (Phi) is 8.54. The van der Waals surface area contributed by atoms with Gasteiger partial charge in [0.25, 0.3) is 11.8 Å². The molecule has 260 valence electrons. The number of ether oxygens (including phenoxy) is 1. The quantitative estimate of drug-likeness (QED) is 0.214. The molecule has 2 aliphatic carbocycles. The molecule has 4 fully saturated rings. The molecule has 5 heterocycles. The summed E-state index contributed by atoms with van der Waals surface area (Å²) in [6, 6.07) is 10.9. The summed E-state index contributed by atoms with van der Waals surface area (Å²) in [5.74, 6) is 3.15. The monoisotopic (exact) mass is 678 g/mol. The van der Waals surface area contributed by atoms with Gasteiger partial charge in [-0.25, -0.2) is 24.3 Å². The molecule has 1 amide bonds. The first-order valence-electron chi connectivity index (χ1n) is 17.7. The average Bonchev–Trinajstić information content (AvgIpc) is 3.85. The fourth-order valence-corrected chi connectivity index (χ4v) is 8.38. The molecule has 2 aliphatic heterocycles. The van der Waals surface area contributed by atoms with Crippen LogP contribution >= 0.6 is 0 Å². The van der Waals surface area contributed by atoms with E-state index in [1.165, 1.54) is 18.5 Å². The third kappa shape index (κ3) is 6.34. The summed E-state index contributed by atoms with van der Waals surface area (Å²) in [7, 11) is 1.62. The summed E-state index contributed by atoms with van der Waals surface area (Å²) in [6.45, 7) is 8.47. The van der Waals surface area contributed by atoms with Crippen LogP contribution in [0.15, 0.2) is 55.2 Å². The number of amides is 1. The minimum absolute atomic E-state index is 0.181. The summed E-state index contributed by atoms with van der Waals surface area (Å²) in [5.41, 5.74) is 2.90. The summed E-state index contributed by atoms with van der Waals surface area (Å²) >= 11 is 0. The van der Waals surface area contributed by atoms with E-state index in [0.717, 1.165) is 75.4 Å². The fourth-order valence-electron chi connectivity index (χ4n) is 8.38. The molecular formula is C37H43FN10O2. The molecule has 4 aromatic rings. The molecule has 12 nitrogen and oxygen atoms in total. The van der Waals surface area contributed by atoms with Gasteiger partial charge in [-0.15, -0.1) is 10.2 Å². The lowest BCUT2D eigenvalue weighted by Crippen LogP contribution is -2.65. The smallest absolute Gasteiger partial charge is 0.282 e. The summed E-state index contributed by atoms with van der Waals surface area (Å²) in [6.07, 6.45) is 10.1. The van der Waals surface area contributed by atoms with E-state index < -0.39 is 0 Å². The third-order valence-electron chi connectivity index (χ3n) is 10.9. The number of nitrogens with one attached hydrogen (secondary N) is 2. The highest BCUT2D eigenvalue weighted by atomic mass is 19.1. The topological polar surface area (TPSA) is 134 Å². The predicted molar refractivity (Wildman–Crippen MR) is 187 cm³/mol. The molecule has 13 heteroatoms. The minimum atomic E-state index is -0.357. The number of aromatic nitrogens is 6. The summed E-state index contributed by atoms with van der Waals surface area (Å²) in [5, 5.41) is 14.6. The van der Waals surface area contributed by atoms with Crippen LogP contribution in [0.1, 0.15) is 68.1 Å². The van der Waals surface area contributed by atoms with Gasteiger partial charge in [0.05, 0.1) is 5.69 Å². The van der Waals surface area contributed by atoms with Crippen molar-refractivity contribution < 1.29 is 13.9 Å². The molecule has 0 bridgehead atoms. The van der Waals surface area contributed by atoms with E-state index in [2.05, 4.69) is 64.4 Å². The highest BCUT2D eigenvalue weighted by Crippen LogP contribution is 2.49. The number of benzene rings is 1. The zero-order valence-electron chi connectivity index (χ0n) is 28.7. The summed E-state index contributed by atoms with van der Waals surface area (Å²) in [4.78, 5) is 34.9. The van der Waals surface area contributed by atoms with Crippen molar-refractivity contribution in [1.29, 1.82) is 0 Å². The van der Waals surface area contributed by atoms with E-state index in [1.54, 1.807) is 31.7 Å². The molecule has 50 heavy (non-hydrogen) atoms. The Balaban J connectivity index is 0.919. The van der Waals surface area contributed by atoms with Gasteiger partial charge in [-0.1, -0.05) is 19.9 Å². The van der Waals surface area contributed by atoms with Crippen molar-refractivity contribution in [2.24, 2.45) is 17.3 Å². The fraction of sp³-hybridized carbons (Fsp3) is 0.486. The second-order valence-electron chi connectivity index (χ2n) is 14.8. The van der Waals surface area contributed by atoms with Gasteiger partial charge in [0, 0.05) is 74.0 Å². The zero-order chi connectivity index (χ0) is 34.4. The lowest BCUT2D eigenvalue weighted by molar-refractivity contribution is -0.0656. The first-order chi connectivity index (χ1) is 24.3. The number of anilines is 2. The maximum atomic E-state index is 14.6. The van der Waals surface area contributed by atoms with Crippen molar-refractivity contribution in [3.05, 3.63) is 72.5 Å². The van der Waals surface area contributed by atoms with Crippen molar-refractivity contribution in [3.8, 4) is 22.8 Å². The van der Waals surface area contributed by atoms with E-state index in [9.17, 15) is 9.18 Å². The van der Waals surface area contributed by atoms with E-state index in [-0.39, 0.29) is 17.1 Å². The van der Waals surface area contributed by atoms with E-state index in [1.807, 2.05) is 12.1 Å². The van der Waals surface area contributed by atoms with Crippen LogP contribution in [0.25, 0.3) is 11.1 Å². The van der Waals surface area contributed by atoms with Crippen LogP contribution in [-0.4, -0.2) is 86.3 Å². The Morgan fingerprint density at radius 1 is 1.06 bits per heavy atom. The molecule has 2 N–H and O–H groups in total. The Hall–Kier alpha value is -4.78. The molecular weight excluding hydrogens is 635 g/mol. The number of carbonyl (C=O) groups is 1. The van der Waals surface area contributed by atoms with Crippen molar-refractivity contribution in [2.45, 2.75) is 64.0 Å². The van der Waals surface area contributed by atoms with Crippen LogP contribution in [-0.2, 0) is 0 Å². The molecule has 1 aromatic carbocycles. The normalized spacial score (nSPS) is 21.8. The first kappa shape index (κ1) is 32.4. The van der Waals surface area contributed by atoms with Crippen molar-refractivity contribution in [1.82, 2.24) is 40.3 Å². The molecule has 8 rings (SSSR count). The number of carbonyl (C=O) groups excluding carboxylic acids is 1. The molecule has 3 aromatic heterocycles. The predicted octanol–water partition coefficient (Wildman–Crippen LogP) is 5.32. The second kappa shape index (κ2) is 13.2. The number of nitrogens with zero attached hydrogens (tertiary/aromatic N) is 8. The minimum Gasteiger partial charge on any atom is -0.434 e. The maximum Gasteiger partial charge on any atom is 0.282 e. The Morgan fingerprint density at radius 2 is 1.90 bits per heavy atom. The van der Waals surface area contributed by atoms with Crippen LogP contribution in [0.3, 0.4) is 0 Å². The largest absolute Gasteiger partial charge is 0.434 e. The molecule has 2 saturated carbocycles. The highest BCUT2D eigenvalue weighted by Gasteiger charge is 2.53. The molecule has 0 unspecified atom stereocenters. The van der Waals surface area contributed by atoms with Gasteiger partial charge in [-0.3, -0.25) is 9.69 Å². The number of likely N-dealkylation sites (tertiary alicyclic amines) is 1. The molecule has 1 spiro atoms. The summed E-state index contributed by atoms with van der Waals surface area (Å²) < 4.78 is 21.0. The van der Waals surface area contributed by atoms with Crippen LogP contribution in [0.5, 0.6) is 11.6 Å². The third-order valence-corrected chi connectivity index (χ3v) is 10.9. The zero-order valence-corrected chi connectivity index (χ0v) is 28.7. The standard InChI is InChI=1S/C37H43FN10O2/c1-22(2)33(24-13-26(14-24)44-31-6-4-5-29(45-31)35(49)39-3)48-18-37(19-48)11-12-47(17-37)34-36(46-43-21-42-34)50-30-10-9-25(38)15-27(30)28-16-40-20-41-32(28)23-7-8-23/h4-6,9-10,15-16,20-24,26,33H,7-8,11-14,17-19H2,1-3H3,(H,39,49)(H,44,45)/t24?,26?,33-/m1/s1. The van der Waals surface area contributed by atoms with Gasteiger partial charge >= 0.3 is 0 Å². The maximum absolute atomic E-state index is 14.6. The van der Waals surface area contributed by atoms with Crippen molar-refractivity contribution in [3.63, 3.8) is 0 Å². The molecule has 1 atom stereocenters. The van der Waals surface area contributed by atoms with Gasteiger partial charge < -0.3 is 20.3 Å². The number of rotatable bonds is 11. The molecule has 0 radical (unpaired) electrons. The number of halogens is 1. The van der Waals surface area contributed by atoms with Crippen molar-refractivity contribution >= 4 is 17.5 Å². The van der Waals surface area contributed by atoms with Gasteiger partial charge in [-0.2, -0.15) is 0 Å². The molecule has 4 aliphatic rings. The number of hydrogen-bond acceptors (Lipinski definition) is 11. The Labute approximate surface area is 291 Å². The lowest BCUT2D eigenvalue weighted by atomic mass is 9.68. The highest BCUT2D eigenvalue weighted by molar-refractivity contribution is 5.92. The first-order valence-corrected chi connectivity index (χ1v) is 17.7. The van der Waals surface area contributed by atoms with E-state index >= 15 is 0 Å². The number of pyridine rings is 1. The van der Waals surface area contributed by atoms with Crippen LogP contribution in [0.2, 0.25) is 0 Å². The van der Waals surface area contributed by atoms with Crippen LogP contribution in [0.4, 0.5) is 16.0 Å². The van der Waals surface area contributed by atoms with E-state index in [4.69, 9.17) is 4.74 Å². The Bertz CT molecular complexity index is 1870. The van der Waals surface area contributed by atoms with Gasteiger partial charge in [-0.05, 0) is 74.3 Å². The van der Waals surface area contributed by atoms with Crippen molar-refractivity contribution in [2.75, 3.05) is 43.4 Å². The van der Waals surface area contributed by atoms with E-state index in [0.29, 0.717) is 58.5 Å². The van der Waals surface area contributed by atoms with Gasteiger partial charge in [0.2, 0.25) is 0 Å². The SMILES string of the molecule is CNC(=O)c1cccc(NC2CC([C@@H](C(C)C)N3CC4(CCN(c5ncnnc5Oc5ccc(F)cc5-c5cncnc5C5CC5)C4)C3)C2)n1. The number of hydrogen-bond donors (Lipinski definition) is 2. The van der Waals surface area contributed by atoms with Gasteiger partial charge in [0.1, 0.15) is 35.7 Å². The van der Waals surface area contributed by atoms with Crippen LogP contribution in [0, 0.1) is 23.1 Å². The Morgan fingerprint density at radius 3 is 2.68 bits per heavy atom. The molecule has 2 saturated heterocycles.